The van der Waals surface area contributed by atoms with E-state index < -0.39 is 18.1 Å². The average molecular weight is 265 g/mol. The summed E-state index contributed by atoms with van der Waals surface area (Å²) in [6.45, 7) is 2.01. The second-order valence-corrected chi connectivity index (χ2v) is 3.96. The van der Waals surface area contributed by atoms with Crippen molar-refractivity contribution in [2.24, 2.45) is 0 Å². The van der Waals surface area contributed by atoms with Gasteiger partial charge in [0.1, 0.15) is 6.04 Å². The second kappa shape index (κ2) is 8.13. The Hall–Kier alpha value is -2.04. The molecule has 104 valence electrons. The van der Waals surface area contributed by atoms with Crippen molar-refractivity contribution in [3.63, 3.8) is 0 Å². The average Bonchev–Trinajstić information content (AvgIpc) is 2.44. The van der Waals surface area contributed by atoms with Crippen LogP contribution in [0.4, 0.5) is 4.79 Å². The lowest BCUT2D eigenvalue weighted by Crippen LogP contribution is -2.42. The standard InChI is InChI=1S/C14H19NO4/c1-3-19-13(16)12(15-14(17)18-2)10-9-11-7-5-4-6-8-11/h4-8,12H,3,9-10H2,1-2H3,(H,15,17)/t12-/m1/s1. The van der Waals surface area contributed by atoms with Crippen LogP contribution in [0.2, 0.25) is 0 Å². The highest BCUT2D eigenvalue weighted by Crippen LogP contribution is 2.06. The highest BCUT2D eigenvalue weighted by atomic mass is 16.5. The van der Waals surface area contributed by atoms with Gasteiger partial charge in [0.25, 0.3) is 0 Å². The van der Waals surface area contributed by atoms with Crippen LogP contribution in [0.15, 0.2) is 30.3 Å². The predicted molar refractivity (Wildman–Crippen MR) is 70.7 cm³/mol. The Morgan fingerprint density at radius 1 is 1.26 bits per heavy atom. The number of nitrogens with one attached hydrogen (secondary N) is 1. The molecule has 1 N–H and O–H groups in total. The summed E-state index contributed by atoms with van der Waals surface area (Å²) in [4.78, 5) is 22.9. The zero-order valence-corrected chi connectivity index (χ0v) is 11.2. The molecule has 0 saturated heterocycles. The fraction of sp³-hybridized carbons (Fsp3) is 0.429. The Balaban J connectivity index is 2.58. The molecule has 0 saturated carbocycles. The smallest absolute Gasteiger partial charge is 0.407 e. The minimum Gasteiger partial charge on any atom is -0.464 e. The number of aryl methyl sites for hydroxylation is 1. The third-order valence-corrected chi connectivity index (χ3v) is 2.61. The number of alkyl carbamates (subject to hydrolysis) is 1. The van der Waals surface area contributed by atoms with Gasteiger partial charge in [0.15, 0.2) is 0 Å². The van der Waals surface area contributed by atoms with Gasteiger partial charge in [-0.25, -0.2) is 9.59 Å². The number of carbonyl (C=O) groups is 2. The van der Waals surface area contributed by atoms with Gasteiger partial charge in [-0.15, -0.1) is 0 Å². The van der Waals surface area contributed by atoms with Gasteiger partial charge in [-0.3, -0.25) is 0 Å². The van der Waals surface area contributed by atoms with E-state index in [9.17, 15) is 9.59 Å². The van der Waals surface area contributed by atoms with E-state index in [1.165, 1.54) is 7.11 Å². The number of amides is 1. The fourth-order valence-electron chi connectivity index (χ4n) is 1.65. The lowest BCUT2D eigenvalue weighted by molar-refractivity contribution is -0.145. The zero-order chi connectivity index (χ0) is 14.1. The van der Waals surface area contributed by atoms with Gasteiger partial charge in [0.05, 0.1) is 13.7 Å². The highest BCUT2D eigenvalue weighted by Gasteiger charge is 2.22. The lowest BCUT2D eigenvalue weighted by Gasteiger charge is -2.16. The summed E-state index contributed by atoms with van der Waals surface area (Å²) in [5.41, 5.74) is 1.10. The van der Waals surface area contributed by atoms with Crippen LogP contribution in [0, 0.1) is 0 Å². The third-order valence-electron chi connectivity index (χ3n) is 2.61. The summed E-state index contributed by atoms with van der Waals surface area (Å²) in [6, 6.07) is 9.05. The van der Waals surface area contributed by atoms with Gasteiger partial charge in [0, 0.05) is 0 Å². The van der Waals surface area contributed by atoms with E-state index >= 15 is 0 Å². The first-order valence-electron chi connectivity index (χ1n) is 6.22. The van der Waals surface area contributed by atoms with Crippen LogP contribution < -0.4 is 5.32 Å². The van der Waals surface area contributed by atoms with Gasteiger partial charge in [-0.05, 0) is 25.3 Å². The molecule has 5 nitrogen and oxygen atoms in total. The highest BCUT2D eigenvalue weighted by molar-refractivity contribution is 5.81. The summed E-state index contributed by atoms with van der Waals surface area (Å²) in [5.74, 6) is -0.441. The third kappa shape index (κ3) is 5.42. The van der Waals surface area contributed by atoms with Gasteiger partial charge in [0.2, 0.25) is 0 Å². The molecule has 1 amide bonds. The molecule has 0 aromatic heterocycles. The maximum Gasteiger partial charge on any atom is 0.407 e. The van der Waals surface area contributed by atoms with Crippen LogP contribution >= 0.6 is 0 Å². The minimum atomic E-state index is -0.687. The summed E-state index contributed by atoms with van der Waals surface area (Å²) < 4.78 is 9.43. The summed E-state index contributed by atoms with van der Waals surface area (Å²) in [6.07, 6.45) is 0.512. The molecular weight excluding hydrogens is 246 g/mol. The summed E-state index contributed by atoms with van der Waals surface area (Å²) >= 11 is 0. The van der Waals surface area contributed by atoms with Crippen molar-refractivity contribution >= 4 is 12.1 Å². The molecule has 5 heteroatoms. The number of esters is 1. The molecule has 0 aliphatic heterocycles. The molecule has 1 rings (SSSR count). The van der Waals surface area contributed by atoms with Crippen LogP contribution in [-0.4, -0.2) is 31.8 Å². The number of ether oxygens (including phenoxy) is 2. The number of hydrogen-bond donors (Lipinski definition) is 1. The first kappa shape index (κ1) is 15.0. The zero-order valence-electron chi connectivity index (χ0n) is 11.2. The van der Waals surface area contributed by atoms with E-state index in [4.69, 9.17) is 4.74 Å². The van der Waals surface area contributed by atoms with Gasteiger partial charge < -0.3 is 14.8 Å². The van der Waals surface area contributed by atoms with E-state index in [0.717, 1.165) is 5.56 Å². The first-order valence-corrected chi connectivity index (χ1v) is 6.22. The maximum absolute atomic E-state index is 11.7. The first-order chi connectivity index (χ1) is 9.17. The second-order valence-electron chi connectivity index (χ2n) is 3.96. The largest absolute Gasteiger partial charge is 0.464 e. The van der Waals surface area contributed by atoms with Crippen molar-refractivity contribution in [2.75, 3.05) is 13.7 Å². The number of carbonyl (C=O) groups excluding carboxylic acids is 2. The monoisotopic (exact) mass is 265 g/mol. The van der Waals surface area contributed by atoms with E-state index in [0.29, 0.717) is 12.8 Å². The topological polar surface area (TPSA) is 64.6 Å². The SMILES string of the molecule is CCOC(=O)[C@@H](CCc1ccccc1)NC(=O)OC. The lowest BCUT2D eigenvalue weighted by atomic mass is 10.1. The molecular formula is C14H19NO4. The Kier molecular flexibility index (Phi) is 6.43. The molecule has 0 radical (unpaired) electrons. The fourth-order valence-corrected chi connectivity index (χ4v) is 1.65. The Labute approximate surface area is 112 Å². The Morgan fingerprint density at radius 2 is 1.95 bits per heavy atom. The van der Waals surface area contributed by atoms with Crippen LogP contribution in [0.5, 0.6) is 0 Å². The molecule has 0 aliphatic rings. The normalized spacial score (nSPS) is 11.5. The predicted octanol–water partition coefficient (Wildman–Crippen LogP) is 1.91. The van der Waals surface area contributed by atoms with E-state index in [2.05, 4.69) is 10.1 Å². The van der Waals surface area contributed by atoms with E-state index in [1.54, 1.807) is 6.92 Å². The molecule has 0 spiro atoms. The van der Waals surface area contributed by atoms with E-state index in [1.807, 2.05) is 30.3 Å². The van der Waals surface area contributed by atoms with Gasteiger partial charge >= 0.3 is 12.1 Å². The number of rotatable bonds is 6. The molecule has 19 heavy (non-hydrogen) atoms. The molecule has 1 aromatic carbocycles. The van der Waals surface area contributed by atoms with Crippen LogP contribution in [0.1, 0.15) is 18.9 Å². The quantitative estimate of drug-likeness (QED) is 0.798. The van der Waals surface area contributed by atoms with E-state index in [-0.39, 0.29) is 6.61 Å². The van der Waals surface area contributed by atoms with Crippen molar-refractivity contribution in [3.8, 4) is 0 Å². The summed E-state index contributed by atoms with van der Waals surface area (Å²) in [5, 5.41) is 2.49. The molecule has 0 bridgehead atoms. The summed E-state index contributed by atoms with van der Waals surface area (Å²) in [7, 11) is 1.26. The van der Waals surface area contributed by atoms with Gasteiger partial charge in [-0.1, -0.05) is 30.3 Å². The van der Waals surface area contributed by atoms with Gasteiger partial charge in [-0.2, -0.15) is 0 Å². The maximum atomic E-state index is 11.7. The molecule has 0 heterocycles. The van der Waals surface area contributed by atoms with Crippen molar-refractivity contribution in [1.82, 2.24) is 5.32 Å². The number of hydrogen-bond acceptors (Lipinski definition) is 4. The van der Waals surface area contributed by atoms with Crippen LogP contribution in [-0.2, 0) is 20.7 Å². The molecule has 0 unspecified atom stereocenters. The molecule has 1 atom stereocenters. The van der Waals surface area contributed by atoms with Crippen molar-refractivity contribution in [1.29, 1.82) is 0 Å². The van der Waals surface area contributed by atoms with Crippen molar-refractivity contribution < 1.29 is 19.1 Å². The number of methoxy groups -OCH3 is 1. The van der Waals surface area contributed by atoms with Crippen molar-refractivity contribution in [2.45, 2.75) is 25.8 Å². The molecule has 0 fully saturated rings. The molecule has 0 aliphatic carbocycles. The van der Waals surface area contributed by atoms with Crippen LogP contribution in [0.3, 0.4) is 0 Å². The minimum absolute atomic E-state index is 0.281. The Morgan fingerprint density at radius 3 is 2.53 bits per heavy atom. The Bertz CT molecular complexity index is 405. The molecule has 1 aromatic rings. The number of benzene rings is 1. The van der Waals surface area contributed by atoms with Crippen molar-refractivity contribution in [3.05, 3.63) is 35.9 Å². The van der Waals surface area contributed by atoms with Crippen LogP contribution in [0.25, 0.3) is 0 Å².